The minimum Gasteiger partial charge on any atom is -0.322 e. The van der Waals surface area contributed by atoms with E-state index in [0.29, 0.717) is 5.56 Å². The molecule has 0 atom stereocenters. The van der Waals surface area contributed by atoms with Crippen molar-refractivity contribution in [3.63, 3.8) is 0 Å². The van der Waals surface area contributed by atoms with Gasteiger partial charge in [0.25, 0.3) is 5.91 Å². The first-order chi connectivity index (χ1) is 12.4. The Morgan fingerprint density at radius 1 is 1.08 bits per heavy atom. The second kappa shape index (κ2) is 7.41. The van der Waals surface area contributed by atoms with Gasteiger partial charge in [0.05, 0.1) is 5.69 Å². The molecule has 26 heavy (non-hydrogen) atoms. The van der Waals surface area contributed by atoms with Gasteiger partial charge in [-0.2, -0.15) is 0 Å². The highest BCUT2D eigenvalue weighted by Crippen LogP contribution is 2.14. The molecule has 6 heteroatoms. The highest BCUT2D eigenvalue weighted by Gasteiger charge is 2.09. The van der Waals surface area contributed by atoms with E-state index in [0.717, 1.165) is 23.6 Å². The molecule has 0 unspecified atom stereocenters. The Bertz CT molecular complexity index is 951. The quantitative estimate of drug-likeness (QED) is 0.743. The Balaban J connectivity index is 1.71. The molecule has 1 heterocycles. The van der Waals surface area contributed by atoms with Gasteiger partial charge in [-0.15, -0.1) is 0 Å². The van der Waals surface area contributed by atoms with E-state index in [1.807, 2.05) is 45.3 Å². The van der Waals surface area contributed by atoms with Crippen molar-refractivity contribution in [3.05, 3.63) is 82.0 Å². The lowest BCUT2D eigenvalue weighted by atomic mass is 10.1. The van der Waals surface area contributed by atoms with Gasteiger partial charge < -0.3 is 15.2 Å². The number of hydrogen-bond acceptors (Lipinski definition) is 3. The highest BCUT2D eigenvalue weighted by atomic mass is 16.2. The normalized spacial score (nSPS) is 10.9. The summed E-state index contributed by atoms with van der Waals surface area (Å²) < 4.78 is 1.56. The van der Waals surface area contributed by atoms with Crippen LogP contribution >= 0.6 is 0 Å². The predicted octanol–water partition coefficient (Wildman–Crippen LogP) is 2.79. The number of aryl methyl sites for hydroxylation is 1. The fourth-order valence-corrected chi connectivity index (χ4v) is 2.80. The van der Waals surface area contributed by atoms with Gasteiger partial charge in [-0.3, -0.25) is 9.36 Å². The van der Waals surface area contributed by atoms with Gasteiger partial charge in [0, 0.05) is 29.7 Å². The molecule has 0 spiro atoms. The fraction of sp³-hybridized carbons (Fsp3) is 0.200. The number of carbonyl (C=O) groups excluding carboxylic acids is 1. The van der Waals surface area contributed by atoms with Crippen molar-refractivity contribution in [3.8, 4) is 5.69 Å². The number of benzene rings is 2. The average molecular weight is 350 g/mol. The summed E-state index contributed by atoms with van der Waals surface area (Å²) in [5.41, 5.74) is 3.80. The zero-order chi connectivity index (χ0) is 18.7. The van der Waals surface area contributed by atoms with E-state index >= 15 is 0 Å². The van der Waals surface area contributed by atoms with Crippen molar-refractivity contribution >= 4 is 11.6 Å². The maximum atomic E-state index is 12.4. The molecule has 6 nitrogen and oxygen atoms in total. The van der Waals surface area contributed by atoms with Crippen molar-refractivity contribution in [1.82, 2.24) is 14.5 Å². The largest absolute Gasteiger partial charge is 0.330 e. The van der Waals surface area contributed by atoms with Crippen LogP contribution in [0.25, 0.3) is 5.69 Å². The summed E-state index contributed by atoms with van der Waals surface area (Å²) in [6, 6.07) is 14.7. The lowest BCUT2D eigenvalue weighted by Gasteiger charge is -2.11. The maximum Gasteiger partial charge on any atom is 0.330 e. The third-order valence-electron chi connectivity index (χ3n) is 4.06. The molecule has 134 valence electrons. The lowest BCUT2D eigenvalue weighted by Crippen LogP contribution is -2.16. The predicted molar refractivity (Wildman–Crippen MR) is 103 cm³/mol. The van der Waals surface area contributed by atoms with Crippen molar-refractivity contribution in [2.24, 2.45) is 0 Å². The van der Waals surface area contributed by atoms with Crippen molar-refractivity contribution in [2.75, 3.05) is 19.4 Å². The minimum absolute atomic E-state index is 0.185. The average Bonchev–Trinajstić information content (AvgIpc) is 2.95. The summed E-state index contributed by atoms with van der Waals surface area (Å²) in [6.45, 7) is 2.70. The summed E-state index contributed by atoms with van der Waals surface area (Å²) in [7, 11) is 4.03. The van der Waals surface area contributed by atoms with Crippen LogP contribution in [-0.4, -0.2) is 34.5 Å². The fourth-order valence-electron chi connectivity index (χ4n) is 2.80. The first kappa shape index (κ1) is 17.7. The molecule has 0 fully saturated rings. The van der Waals surface area contributed by atoms with Gasteiger partial charge in [0.15, 0.2) is 0 Å². The number of carbonyl (C=O) groups is 1. The summed E-state index contributed by atoms with van der Waals surface area (Å²) in [6.07, 6.45) is 1.66. The van der Waals surface area contributed by atoms with Crippen molar-refractivity contribution in [1.29, 1.82) is 0 Å². The molecular weight excluding hydrogens is 328 g/mol. The molecule has 1 amide bonds. The summed E-state index contributed by atoms with van der Waals surface area (Å²) in [5.74, 6) is -0.185. The van der Waals surface area contributed by atoms with E-state index in [4.69, 9.17) is 0 Å². The molecule has 0 aliphatic heterocycles. The molecule has 3 aromatic rings. The van der Waals surface area contributed by atoms with Crippen LogP contribution in [0, 0.1) is 6.92 Å². The number of aromatic nitrogens is 2. The zero-order valence-electron chi connectivity index (χ0n) is 15.1. The Kier molecular flexibility index (Phi) is 5.04. The van der Waals surface area contributed by atoms with Crippen LogP contribution in [-0.2, 0) is 6.54 Å². The number of imidazole rings is 1. The van der Waals surface area contributed by atoms with Crippen LogP contribution in [0.4, 0.5) is 5.69 Å². The second-order valence-corrected chi connectivity index (χ2v) is 6.51. The summed E-state index contributed by atoms with van der Waals surface area (Å²) >= 11 is 0. The lowest BCUT2D eigenvalue weighted by molar-refractivity contribution is 0.102. The number of hydrogen-bond donors (Lipinski definition) is 2. The smallest absolute Gasteiger partial charge is 0.322 e. The number of aromatic amines is 1. The van der Waals surface area contributed by atoms with E-state index in [2.05, 4.69) is 15.2 Å². The van der Waals surface area contributed by atoms with Crippen LogP contribution in [0.1, 0.15) is 21.6 Å². The number of H-pyrrole nitrogens is 1. The number of nitrogens with one attached hydrogen (secondary N) is 2. The first-order valence-corrected chi connectivity index (χ1v) is 8.36. The molecular formula is C20H22N4O2. The molecule has 0 aliphatic rings. The maximum absolute atomic E-state index is 12.4. The zero-order valence-corrected chi connectivity index (χ0v) is 15.1. The molecule has 0 saturated carbocycles. The number of nitrogens with zero attached hydrogens (tertiary/aromatic N) is 2. The van der Waals surface area contributed by atoms with E-state index in [9.17, 15) is 9.59 Å². The molecule has 2 N–H and O–H groups in total. The molecule has 1 aromatic heterocycles. The summed E-state index contributed by atoms with van der Waals surface area (Å²) in [5, 5.41) is 2.89. The van der Waals surface area contributed by atoms with Gasteiger partial charge in [0.1, 0.15) is 0 Å². The second-order valence-electron chi connectivity index (χ2n) is 6.51. The Morgan fingerprint density at radius 3 is 2.27 bits per heavy atom. The SMILES string of the molecule is Cc1c[nH]c(=O)n1-c1ccc(C(=O)Nc2ccc(CN(C)C)cc2)cc1. The van der Waals surface area contributed by atoms with E-state index in [-0.39, 0.29) is 11.6 Å². The summed E-state index contributed by atoms with van der Waals surface area (Å²) in [4.78, 5) is 29.0. The highest BCUT2D eigenvalue weighted by molar-refractivity contribution is 6.04. The Labute approximate surface area is 152 Å². The van der Waals surface area contributed by atoms with Gasteiger partial charge in [-0.1, -0.05) is 12.1 Å². The molecule has 0 saturated heterocycles. The van der Waals surface area contributed by atoms with Crippen LogP contribution in [0.15, 0.2) is 59.5 Å². The van der Waals surface area contributed by atoms with Crippen molar-refractivity contribution in [2.45, 2.75) is 13.5 Å². The molecule has 0 radical (unpaired) electrons. The number of rotatable bonds is 5. The van der Waals surface area contributed by atoms with Gasteiger partial charge >= 0.3 is 5.69 Å². The Morgan fingerprint density at radius 2 is 1.73 bits per heavy atom. The Hall–Kier alpha value is -3.12. The minimum atomic E-state index is -0.197. The topological polar surface area (TPSA) is 70.1 Å². The third-order valence-corrected chi connectivity index (χ3v) is 4.06. The molecule has 2 aromatic carbocycles. The van der Waals surface area contributed by atoms with Gasteiger partial charge in [-0.25, -0.2) is 4.79 Å². The molecule has 0 aliphatic carbocycles. The van der Waals surface area contributed by atoms with Crippen LogP contribution in [0.2, 0.25) is 0 Å². The molecule has 3 rings (SSSR count). The van der Waals surface area contributed by atoms with E-state index in [1.165, 1.54) is 5.56 Å². The van der Waals surface area contributed by atoms with Gasteiger partial charge in [0.2, 0.25) is 0 Å². The van der Waals surface area contributed by atoms with Gasteiger partial charge in [-0.05, 0) is 63.0 Å². The van der Waals surface area contributed by atoms with Crippen LogP contribution < -0.4 is 11.0 Å². The van der Waals surface area contributed by atoms with Crippen molar-refractivity contribution < 1.29 is 4.79 Å². The number of amides is 1. The molecule has 0 bridgehead atoms. The van der Waals surface area contributed by atoms with E-state index in [1.54, 1.807) is 35.0 Å². The third kappa shape index (κ3) is 3.92. The van der Waals surface area contributed by atoms with Crippen LogP contribution in [0.3, 0.4) is 0 Å². The standard InChI is InChI=1S/C20H22N4O2/c1-14-12-21-20(26)24(14)18-10-6-16(7-11-18)19(25)22-17-8-4-15(5-9-17)13-23(2)3/h4-12H,13H2,1-3H3,(H,21,26)(H,22,25). The van der Waals surface area contributed by atoms with E-state index < -0.39 is 0 Å². The first-order valence-electron chi connectivity index (χ1n) is 8.36. The number of anilines is 1. The monoisotopic (exact) mass is 350 g/mol. The van der Waals surface area contributed by atoms with Crippen LogP contribution in [0.5, 0.6) is 0 Å².